The third kappa shape index (κ3) is 3.32. The molecule has 0 atom stereocenters. The Hall–Kier alpha value is -2.62. The molecule has 1 aromatic heterocycles. The van der Waals surface area contributed by atoms with Crippen LogP contribution in [0.2, 0.25) is 0 Å². The van der Waals surface area contributed by atoms with E-state index in [2.05, 4.69) is 9.97 Å². The van der Waals surface area contributed by atoms with Gasteiger partial charge in [-0.05, 0) is 48.2 Å². The van der Waals surface area contributed by atoms with Crippen molar-refractivity contribution in [3.05, 3.63) is 48.5 Å². The van der Waals surface area contributed by atoms with Crippen LogP contribution in [0.4, 0.5) is 4.39 Å². The summed E-state index contributed by atoms with van der Waals surface area (Å²) < 4.78 is 41.2. The van der Waals surface area contributed by atoms with Crippen LogP contribution in [0.5, 0.6) is 5.88 Å². The van der Waals surface area contributed by atoms with Gasteiger partial charge in [-0.2, -0.15) is 4.31 Å². The molecule has 0 unspecified atom stereocenters. The summed E-state index contributed by atoms with van der Waals surface area (Å²) >= 11 is 0. The van der Waals surface area contributed by atoms with Crippen LogP contribution in [-0.4, -0.2) is 52.1 Å². The van der Waals surface area contributed by atoms with Crippen molar-refractivity contribution in [2.45, 2.75) is 23.8 Å². The first kappa shape index (κ1) is 18.7. The Kier molecular flexibility index (Phi) is 4.74. The Bertz CT molecular complexity index is 1130. The number of piperidine rings is 1. The molecule has 1 aliphatic heterocycles. The second-order valence-corrected chi connectivity index (χ2v) is 8.62. The number of hydrogen-bond acceptors (Lipinski definition) is 6. The molecular formula is C19H18FN3O4S. The van der Waals surface area contributed by atoms with Gasteiger partial charge in [0.1, 0.15) is 17.0 Å². The summed E-state index contributed by atoms with van der Waals surface area (Å²) in [6.07, 6.45) is 1.30. The van der Waals surface area contributed by atoms with E-state index in [0.717, 1.165) is 6.33 Å². The molecule has 28 heavy (non-hydrogen) atoms. The van der Waals surface area contributed by atoms with Gasteiger partial charge in [0.2, 0.25) is 15.9 Å². The fourth-order valence-electron chi connectivity index (χ4n) is 3.35. The third-order valence-electron chi connectivity index (χ3n) is 4.90. The topological polar surface area (TPSA) is 104 Å². The van der Waals surface area contributed by atoms with Crippen LogP contribution in [0.1, 0.15) is 12.8 Å². The fourth-order valence-corrected chi connectivity index (χ4v) is 5.00. The second-order valence-electron chi connectivity index (χ2n) is 6.71. The molecule has 2 heterocycles. The van der Waals surface area contributed by atoms with Gasteiger partial charge in [-0.15, -0.1) is 0 Å². The van der Waals surface area contributed by atoms with Crippen molar-refractivity contribution in [3.63, 3.8) is 0 Å². The molecule has 0 saturated carbocycles. The average Bonchev–Trinajstić information content (AvgIpc) is 2.68. The number of aliphatic hydroxyl groups is 1. The van der Waals surface area contributed by atoms with Gasteiger partial charge in [0.05, 0.1) is 17.0 Å². The van der Waals surface area contributed by atoms with E-state index in [1.807, 2.05) is 0 Å². The lowest BCUT2D eigenvalue weighted by Gasteiger charge is -2.29. The van der Waals surface area contributed by atoms with Gasteiger partial charge in [-0.3, -0.25) is 0 Å². The zero-order valence-corrected chi connectivity index (χ0v) is 15.6. The highest BCUT2D eigenvalue weighted by Crippen LogP contribution is 2.34. The molecule has 2 aromatic carbocycles. The Morgan fingerprint density at radius 3 is 2.39 bits per heavy atom. The van der Waals surface area contributed by atoms with Gasteiger partial charge in [0.25, 0.3) is 0 Å². The van der Waals surface area contributed by atoms with Gasteiger partial charge in [0.15, 0.2) is 0 Å². The lowest BCUT2D eigenvalue weighted by molar-refractivity contribution is 0.113. The maximum Gasteiger partial charge on any atom is 0.245 e. The number of fused-ring (bicyclic) bond motifs is 1. The SMILES string of the molecule is O=S(=O)(c1cc(-c2ccc(F)cc2)cc2c(O)ncnc12)N1CCC(O)CC1. The molecule has 2 N–H and O–H groups in total. The number of aromatic nitrogens is 2. The van der Waals surface area contributed by atoms with Gasteiger partial charge < -0.3 is 10.2 Å². The van der Waals surface area contributed by atoms with Crippen LogP contribution >= 0.6 is 0 Å². The van der Waals surface area contributed by atoms with Crippen LogP contribution in [-0.2, 0) is 10.0 Å². The van der Waals surface area contributed by atoms with E-state index in [-0.39, 0.29) is 34.8 Å². The Morgan fingerprint density at radius 1 is 1.04 bits per heavy atom. The quantitative estimate of drug-likeness (QED) is 0.695. The first-order valence-corrected chi connectivity index (χ1v) is 10.2. The third-order valence-corrected chi connectivity index (χ3v) is 6.81. The zero-order chi connectivity index (χ0) is 19.9. The fraction of sp³-hybridized carbons (Fsp3) is 0.263. The molecule has 4 rings (SSSR count). The predicted octanol–water partition coefficient (Wildman–Crippen LogP) is 2.29. The minimum atomic E-state index is -3.92. The molecule has 1 fully saturated rings. The van der Waals surface area contributed by atoms with E-state index < -0.39 is 21.9 Å². The zero-order valence-electron chi connectivity index (χ0n) is 14.8. The maximum atomic E-state index is 13.3. The summed E-state index contributed by atoms with van der Waals surface area (Å²) in [5.41, 5.74) is 1.20. The summed E-state index contributed by atoms with van der Waals surface area (Å²) in [5, 5.41) is 20.0. The van der Waals surface area contributed by atoms with Crippen molar-refractivity contribution >= 4 is 20.9 Å². The highest BCUT2D eigenvalue weighted by molar-refractivity contribution is 7.89. The largest absolute Gasteiger partial charge is 0.493 e. The van der Waals surface area contributed by atoms with Crippen molar-refractivity contribution in [3.8, 4) is 17.0 Å². The minimum Gasteiger partial charge on any atom is -0.493 e. The van der Waals surface area contributed by atoms with Crippen LogP contribution < -0.4 is 0 Å². The molecule has 0 aliphatic carbocycles. The lowest BCUT2D eigenvalue weighted by atomic mass is 10.0. The van der Waals surface area contributed by atoms with Crippen molar-refractivity contribution in [2.75, 3.05) is 13.1 Å². The highest BCUT2D eigenvalue weighted by Gasteiger charge is 2.31. The monoisotopic (exact) mass is 403 g/mol. The van der Waals surface area contributed by atoms with Gasteiger partial charge in [0, 0.05) is 13.1 Å². The summed E-state index contributed by atoms with van der Waals surface area (Å²) in [6, 6.07) is 8.68. The van der Waals surface area contributed by atoms with E-state index in [9.17, 15) is 23.0 Å². The average molecular weight is 403 g/mol. The molecule has 0 radical (unpaired) electrons. The number of halogens is 1. The number of rotatable bonds is 3. The summed E-state index contributed by atoms with van der Waals surface area (Å²) in [5.74, 6) is -0.741. The molecule has 0 spiro atoms. The summed E-state index contributed by atoms with van der Waals surface area (Å²) in [7, 11) is -3.92. The van der Waals surface area contributed by atoms with Crippen molar-refractivity contribution in [1.29, 1.82) is 0 Å². The highest BCUT2D eigenvalue weighted by atomic mass is 32.2. The van der Waals surface area contributed by atoms with E-state index >= 15 is 0 Å². The molecule has 1 saturated heterocycles. The number of aromatic hydroxyl groups is 1. The van der Waals surface area contributed by atoms with Crippen molar-refractivity contribution in [1.82, 2.24) is 14.3 Å². The number of hydrogen-bond donors (Lipinski definition) is 2. The molecule has 7 nitrogen and oxygen atoms in total. The van der Waals surface area contributed by atoms with Gasteiger partial charge >= 0.3 is 0 Å². The number of nitrogens with zero attached hydrogens (tertiary/aromatic N) is 3. The molecule has 146 valence electrons. The Morgan fingerprint density at radius 2 is 1.71 bits per heavy atom. The van der Waals surface area contributed by atoms with E-state index in [1.54, 1.807) is 6.07 Å². The van der Waals surface area contributed by atoms with Crippen molar-refractivity contribution in [2.24, 2.45) is 0 Å². The number of sulfonamides is 1. The Balaban J connectivity index is 1.91. The number of aliphatic hydroxyl groups excluding tert-OH is 1. The van der Waals surface area contributed by atoms with Crippen LogP contribution in [0.15, 0.2) is 47.6 Å². The van der Waals surface area contributed by atoms with Crippen LogP contribution in [0.3, 0.4) is 0 Å². The van der Waals surface area contributed by atoms with Crippen molar-refractivity contribution < 1.29 is 23.0 Å². The Labute approximate surface area is 161 Å². The van der Waals surface area contributed by atoms with E-state index in [0.29, 0.717) is 24.0 Å². The van der Waals surface area contributed by atoms with Crippen LogP contribution in [0, 0.1) is 5.82 Å². The van der Waals surface area contributed by atoms with Crippen LogP contribution in [0.25, 0.3) is 22.0 Å². The number of benzene rings is 2. The van der Waals surface area contributed by atoms with Gasteiger partial charge in [-0.1, -0.05) is 12.1 Å². The first-order valence-electron chi connectivity index (χ1n) is 8.78. The molecular weight excluding hydrogens is 385 g/mol. The molecule has 0 amide bonds. The standard InChI is InChI=1S/C19H18FN3O4S/c20-14-3-1-12(2-4-14)13-9-16-18(21-11-22-19(16)25)17(10-13)28(26,27)23-7-5-15(24)6-8-23/h1-4,9-11,15,24H,5-8H2,(H,21,22,25). The predicted molar refractivity (Wildman–Crippen MR) is 101 cm³/mol. The molecule has 9 heteroatoms. The second kappa shape index (κ2) is 7.08. The first-order chi connectivity index (χ1) is 13.4. The minimum absolute atomic E-state index is 0.0570. The van der Waals surface area contributed by atoms with Gasteiger partial charge in [-0.25, -0.2) is 22.8 Å². The lowest BCUT2D eigenvalue weighted by Crippen LogP contribution is -2.40. The molecule has 0 bridgehead atoms. The smallest absolute Gasteiger partial charge is 0.245 e. The summed E-state index contributed by atoms with van der Waals surface area (Å²) in [4.78, 5) is 7.77. The maximum absolute atomic E-state index is 13.3. The molecule has 1 aliphatic rings. The normalized spacial score (nSPS) is 16.5. The van der Waals surface area contributed by atoms with E-state index in [1.165, 1.54) is 34.6 Å². The van der Waals surface area contributed by atoms with E-state index in [4.69, 9.17) is 0 Å². The molecule has 3 aromatic rings. The summed E-state index contributed by atoms with van der Waals surface area (Å²) in [6.45, 7) is 0.395.